The molecule has 2 saturated heterocycles. The Morgan fingerprint density at radius 2 is 1.84 bits per heavy atom. The summed E-state index contributed by atoms with van der Waals surface area (Å²) in [5, 5.41) is 3.99. The molecule has 3 nitrogen and oxygen atoms in total. The summed E-state index contributed by atoms with van der Waals surface area (Å²) >= 11 is 6.19. The van der Waals surface area contributed by atoms with Crippen LogP contribution in [0.1, 0.15) is 19.3 Å². The van der Waals surface area contributed by atoms with Crippen molar-refractivity contribution < 1.29 is 4.79 Å². The maximum atomic E-state index is 12.7. The Hall–Kier alpha value is -0.770. The van der Waals surface area contributed by atoms with Crippen molar-refractivity contribution in [3.05, 3.63) is 29.3 Å². The molecule has 0 unspecified atom stereocenters. The maximum Gasteiger partial charge on any atom is 0.233 e. The molecule has 0 aliphatic carbocycles. The van der Waals surface area contributed by atoms with Gasteiger partial charge in [0.15, 0.2) is 0 Å². The minimum absolute atomic E-state index is 0. The van der Waals surface area contributed by atoms with E-state index in [1.807, 2.05) is 29.2 Å². The van der Waals surface area contributed by atoms with E-state index in [1.165, 1.54) is 0 Å². The van der Waals surface area contributed by atoms with Crippen molar-refractivity contribution in [2.24, 2.45) is 5.41 Å². The number of carbonyl (C=O) groups is 1. The molecule has 5 heteroatoms. The van der Waals surface area contributed by atoms with Gasteiger partial charge in [0, 0.05) is 6.54 Å². The van der Waals surface area contributed by atoms with E-state index in [0.717, 1.165) is 44.6 Å². The number of rotatable bonds is 1. The Morgan fingerprint density at radius 3 is 2.53 bits per heavy atom. The van der Waals surface area contributed by atoms with Gasteiger partial charge in [-0.2, -0.15) is 0 Å². The standard InChI is InChI=1S/C14H17ClN2O.ClH/c15-11-3-1-2-4-12(11)17-10-7-14(13(17)18)5-8-16-9-6-14;/h1-4,16H,5-10H2;1H. The highest BCUT2D eigenvalue weighted by Crippen LogP contribution is 2.42. The molecule has 2 aliphatic rings. The van der Waals surface area contributed by atoms with Crippen molar-refractivity contribution in [3.63, 3.8) is 0 Å². The number of halogens is 2. The van der Waals surface area contributed by atoms with Crippen LogP contribution in [0.15, 0.2) is 24.3 Å². The summed E-state index contributed by atoms with van der Waals surface area (Å²) in [6.07, 6.45) is 2.86. The molecule has 2 fully saturated rings. The number of amides is 1. The predicted molar refractivity (Wildman–Crippen MR) is 80.2 cm³/mol. The van der Waals surface area contributed by atoms with Crippen molar-refractivity contribution in [2.45, 2.75) is 19.3 Å². The minimum Gasteiger partial charge on any atom is -0.317 e. The van der Waals surface area contributed by atoms with Crippen molar-refractivity contribution in [1.82, 2.24) is 5.32 Å². The summed E-state index contributed by atoms with van der Waals surface area (Å²) in [4.78, 5) is 14.5. The van der Waals surface area contributed by atoms with Gasteiger partial charge in [0.2, 0.25) is 5.91 Å². The monoisotopic (exact) mass is 300 g/mol. The molecule has 1 amide bonds. The first-order chi connectivity index (χ1) is 8.73. The lowest BCUT2D eigenvalue weighted by Crippen LogP contribution is -2.42. The van der Waals surface area contributed by atoms with Gasteiger partial charge in [0.05, 0.1) is 16.1 Å². The van der Waals surface area contributed by atoms with Gasteiger partial charge in [0.25, 0.3) is 0 Å². The van der Waals surface area contributed by atoms with Gasteiger partial charge >= 0.3 is 0 Å². The van der Waals surface area contributed by atoms with Gasteiger partial charge in [-0.15, -0.1) is 12.4 Å². The molecule has 0 atom stereocenters. The lowest BCUT2D eigenvalue weighted by molar-refractivity contribution is -0.126. The smallest absolute Gasteiger partial charge is 0.233 e. The Balaban J connectivity index is 0.00000133. The molecule has 0 saturated carbocycles. The van der Waals surface area contributed by atoms with Crippen LogP contribution in [0.2, 0.25) is 5.02 Å². The molecular formula is C14H18Cl2N2O. The quantitative estimate of drug-likeness (QED) is 0.865. The van der Waals surface area contributed by atoms with Crippen LogP contribution in [-0.4, -0.2) is 25.5 Å². The summed E-state index contributed by atoms with van der Waals surface area (Å²) in [6.45, 7) is 2.69. The molecule has 2 heterocycles. The summed E-state index contributed by atoms with van der Waals surface area (Å²) in [7, 11) is 0. The average Bonchev–Trinajstić information content (AvgIpc) is 2.69. The number of carbonyl (C=O) groups excluding carboxylic acids is 1. The lowest BCUT2D eigenvalue weighted by Gasteiger charge is -2.32. The zero-order valence-corrected chi connectivity index (χ0v) is 12.3. The van der Waals surface area contributed by atoms with Gasteiger partial charge in [-0.05, 0) is 44.5 Å². The van der Waals surface area contributed by atoms with Crippen LogP contribution in [0.3, 0.4) is 0 Å². The van der Waals surface area contributed by atoms with Gasteiger partial charge in [-0.1, -0.05) is 23.7 Å². The number of benzene rings is 1. The van der Waals surface area contributed by atoms with Crippen molar-refractivity contribution >= 4 is 35.6 Å². The van der Waals surface area contributed by atoms with Gasteiger partial charge in [0.1, 0.15) is 0 Å². The van der Waals surface area contributed by atoms with Crippen molar-refractivity contribution in [2.75, 3.05) is 24.5 Å². The molecule has 2 aliphatic heterocycles. The van der Waals surface area contributed by atoms with Gasteiger partial charge in [-0.3, -0.25) is 4.79 Å². The number of nitrogens with one attached hydrogen (secondary N) is 1. The summed E-state index contributed by atoms with van der Waals surface area (Å²) in [5.41, 5.74) is 0.726. The summed E-state index contributed by atoms with van der Waals surface area (Å²) < 4.78 is 0. The van der Waals surface area contributed by atoms with E-state index in [1.54, 1.807) is 0 Å². The fraction of sp³-hybridized carbons (Fsp3) is 0.500. The molecule has 0 radical (unpaired) electrons. The molecular weight excluding hydrogens is 283 g/mol. The SMILES string of the molecule is Cl.O=C1N(c2ccccc2Cl)CCC12CCNCC2. The third kappa shape index (κ3) is 2.47. The lowest BCUT2D eigenvalue weighted by atomic mass is 9.78. The zero-order chi connectivity index (χ0) is 12.6. The summed E-state index contributed by atoms with van der Waals surface area (Å²) in [6, 6.07) is 7.60. The molecule has 3 rings (SSSR count). The van der Waals surface area contributed by atoms with E-state index < -0.39 is 0 Å². The third-order valence-electron chi connectivity index (χ3n) is 4.22. The van der Waals surface area contributed by atoms with Crippen LogP contribution in [0.25, 0.3) is 0 Å². The number of piperidine rings is 1. The minimum atomic E-state index is -0.135. The Bertz CT molecular complexity index is 472. The van der Waals surface area contributed by atoms with Crippen LogP contribution in [0, 0.1) is 5.41 Å². The molecule has 1 aromatic rings. The normalized spacial score (nSPS) is 21.5. The number of hydrogen-bond donors (Lipinski definition) is 1. The number of hydrogen-bond acceptors (Lipinski definition) is 2. The van der Waals surface area contributed by atoms with E-state index in [0.29, 0.717) is 5.02 Å². The third-order valence-corrected chi connectivity index (χ3v) is 4.54. The molecule has 0 aromatic heterocycles. The second kappa shape index (κ2) is 5.70. The zero-order valence-electron chi connectivity index (χ0n) is 10.7. The molecule has 1 aromatic carbocycles. The van der Waals surface area contributed by atoms with Gasteiger partial charge in [-0.25, -0.2) is 0 Å². The Kier molecular flexibility index (Phi) is 4.39. The van der Waals surface area contributed by atoms with E-state index in [4.69, 9.17) is 11.6 Å². The summed E-state index contributed by atoms with van der Waals surface area (Å²) in [5.74, 6) is 0.261. The Labute approximate surface area is 124 Å². The van der Waals surface area contributed by atoms with E-state index in [9.17, 15) is 4.79 Å². The number of nitrogens with zero attached hydrogens (tertiary/aromatic N) is 1. The number of anilines is 1. The average molecular weight is 301 g/mol. The largest absolute Gasteiger partial charge is 0.317 e. The second-order valence-electron chi connectivity index (χ2n) is 5.19. The Morgan fingerprint density at radius 1 is 1.16 bits per heavy atom. The van der Waals surface area contributed by atoms with E-state index >= 15 is 0 Å². The van der Waals surface area contributed by atoms with Crippen LogP contribution in [0.4, 0.5) is 5.69 Å². The first-order valence-electron chi connectivity index (χ1n) is 6.50. The maximum absolute atomic E-state index is 12.7. The van der Waals surface area contributed by atoms with Crippen LogP contribution in [0.5, 0.6) is 0 Å². The number of para-hydroxylation sites is 1. The predicted octanol–water partition coefficient (Wildman–Crippen LogP) is 2.87. The first-order valence-corrected chi connectivity index (χ1v) is 6.88. The first kappa shape index (κ1) is 14.6. The fourth-order valence-corrected chi connectivity index (χ4v) is 3.33. The van der Waals surface area contributed by atoms with E-state index in [-0.39, 0.29) is 23.7 Å². The molecule has 1 spiro atoms. The van der Waals surface area contributed by atoms with Crippen LogP contribution < -0.4 is 10.2 Å². The van der Waals surface area contributed by atoms with Crippen LogP contribution in [-0.2, 0) is 4.79 Å². The topological polar surface area (TPSA) is 32.3 Å². The molecule has 104 valence electrons. The molecule has 0 bridgehead atoms. The molecule has 19 heavy (non-hydrogen) atoms. The fourth-order valence-electron chi connectivity index (χ4n) is 3.09. The second-order valence-corrected chi connectivity index (χ2v) is 5.60. The van der Waals surface area contributed by atoms with Crippen molar-refractivity contribution in [3.8, 4) is 0 Å². The molecule has 1 N–H and O–H groups in total. The highest BCUT2D eigenvalue weighted by Gasteiger charge is 2.47. The van der Waals surface area contributed by atoms with E-state index in [2.05, 4.69) is 5.32 Å². The highest BCUT2D eigenvalue weighted by atomic mass is 35.5. The van der Waals surface area contributed by atoms with Crippen LogP contribution >= 0.6 is 24.0 Å². The highest BCUT2D eigenvalue weighted by molar-refractivity contribution is 6.33. The van der Waals surface area contributed by atoms with Crippen molar-refractivity contribution in [1.29, 1.82) is 0 Å². The van der Waals surface area contributed by atoms with Gasteiger partial charge < -0.3 is 10.2 Å².